The summed E-state index contributed by atoms with van der Waals surface area (Å²) >= 11 is 0. The Hall–Kier alpha value is -1.13. The van der Waals surface area contributed by atoms with Crippen LogP contribution in [-0.2, 0) is 11.3 Å². The molecule has 0 saturated carbocycles. The summed E-state index contributed by atoms with van der Waals surface area (Å²) in [7, 11) is 1.74. The van der Waals surface area contributed by atoms with E-state index < -0.39 is 0 Å². The molecule has 108 valence electrons. The summed E-state index contributed by atoms with van der Waals surface area (Å²) in [6, 6.07) is 3.00. The van der Waals surface area contributed by atoms with Gasteiger partial charge in [0.1, 0.15) is 0 Å². The topological polar surface area (TPSA) is 37.4 Å². The first-order valence-corrected chi connectivity index (χ1v) is 6.98. The molecular formula is C15H27N3O. The zero-order valence-corrected chi connectivity index (χ0v) is 12.8. The molecule has 0 aromatic carbocycles. The smallest absolute Gasteiger partial charge is 0.0637 e. The third kappa shape index (κ3) is 5.17. The Morgan fingerprint density at radius 1 is 1.32 bits per heavy atom. The summed E-state index contributed by atoms with van der Waals surface area (Å²) in [5.74, 6) is 0. The van der Waals surface area contributed by atoms with Crippen molar-refractivity contribution in [1.82, 2.24) is 10.3 Å². The van der Waals surface area contributed by atoms with E-state index in [0.29, 0.717) is 12.1 Å². The summed E-state index contributed by atoms with van der Waals surface area (Å²) in [5.41, 5.74) is 2.48. The van der Waals surface area contributed by atoms with Crippen molar-refractivity contribution in [1.29, 1.82) is 0 Å². The Morgan fingerprint density at radius 3 is 2.63 bits per heavy atom. The van der Waals surface area contributed by atoms with E-state index in [1.54, 1.807) is 7.11 Å². The second-order valence-electron chi connectivity index (χ2n) is 5.32. The van der Waals surface area contributed by atoms with E-state index in [2.05, 4.69) is 49.0 Å². The summed E-state index contributed by atoms with van der Waals surface area (Å²) in [6.07, 6.45) is 3.81. The van der Waals surface area contributed by atoms with Crippen molar-refractivity contribution in [3.63, 3.8) is 0 Å². The van der Waals surface area contributed by atoms with Gasteiger partial charge < -0.3 is 15.0 Å². The van der Waals surface area contributed by atoms with Crippen LogP contribution in [0, 0.1) is 0 Å². The number of rotatable bonds is 8. The van der Waals surface area contributed by atoms with Gasteiger partial charge in [-0.3, -0.25) is 4.98 Å². The van der Waals surface area contributed by atoms with Gasteiger partial charge in [0.25, 0.3) is 0 Å². The van der Waals surface area contributed by atoms with Crippen LogP contribution in [0.3, 0.4) is 0 Å². The second-order valence-corrected chi connectivity index (χ2v) is 5.32. The van der Waals surface area contributed by atoms with Gasteiger partial charge in [-0.15, -0.1) is 0 Å². The molecule has 1 rings (SSSR count). The van der Waals surface area contributed by atoms with Crippen LogP contribution in [0.4, 0.5) is 5.69 Å². The zero-order chi connectivity index (χ0) is 14.3. The summed E-state index contributed by atoms with van der Waals surface area (Å²) in [6.45, 7) is 11.2. The number of hydrogen-bond acceptors (Lipinski definition) is 4. The second kappa shape index (κ2) is 8.12. The minimum Gasteiger partial charge on any atom is -0.383 e. The standard InChI is InChI=1S/C15H27N3O/c1-12(2)17-10-14-6-7-16-11-15(14)18(13(3)4)8-9-19-5/h6-7,11-13,17H,8-10H2,1-5H3. The van der Waals surface area contributed by atoms with Crippen molar-refractivity contribution in [3.05, 3.63) is 24.0 Å². The minimum atomic E-state index is 0.428. The molecule has 0 aliphatic heterocycles. The lowest BCUT2D eigenvalue weighted by Crippen LogP contribution is -2.35. The Balaban J connectivity index is 2.88. The number of methoxy groups -OCH3 is 1. The summed E-state index contributed by atoms with van der Waals surface area (Å²) in [5, 5.41) is 3.47. The highest BCUT2D eigenvalue weighted by Gasteiger charge is 2.14. The third-order valence-corrected chi connectivity index (χ3v) is 3.06. The highest BCUT2D eigenvalue weighted by Crippen LogP contribution is 2.21. The van der Waals surface area contributed by atoms with Crippen LogP contribution in [0.15, 0.2) is 18.5 Å². The molecule has 4 heteroatoms. The van der Waals surface area contributed by atoms with Crippen LogP contribution >= 0.6 is 0 Å². The molecule has 0 unspecified atom stereocenters. The molecule has 4 nitrogen and oxygen atoms in total. The van der Waals surface area contributed by atoms with Gasteiger partial charge in [-0.05, 0) is 25.5 Å². The maximum Gasteiger partial charge on any atom is 0.0637 e. The molecule has 1 N–H and O–H groups in total. The van der Waals surface area contributed by atoms with Gasteiger partial charge in [0.15, 0.2) is 0 Å². The molecule has 1 heterocycles. The Labute approximate surface area is 117 Å². The van der Waals surface area contributed by atoms with E-state index in [9.17, 15) is 0 Å². The number of nitrogens with one attached hydrogen (secondary N) is 1. The van der Waals surface area contributed by atoms with Gasteiger partial charge in [0.05, 0.1) is 18.5 Å². The van der Waals surface area contributed by atoms with Gasteiger partial charge in [-0.25, -0.2) is 0 Å². The van der Waals surface area contributed by atoms with Gasteiger partial charge in [0, 0.05) is 38.5 Å². The first-order valence-electron chi connectivity index (χ1n) is 6.98. The van der Waals surface area contributed by atoms with E-state index in [-0.39, 0.29) is 0 Å². The molecule has 0 radical (unpaired) electrons. The SMILES string of the molecule is COCCN(c1cnccc1CNC(C)C)C(C)C. The third-order valence-electron chi connectivity index (χ3n) is 3.06. The fourth-order valence-electron chi connectivity index (χ4n) is 1.98. The number of aromatic nitrogens is 1. The Morgan fingerprint density at radius 2 is 2.05 bits per heavy atom. The van der Waals surface area contributed by atoms with Gasteiger partial charge in [-0.2, -0.15) is 0 Å². The first-order chi connectivity index (χ1) is 9.06. The molecule has 0 bridgehead atoms. The average molecular weight is 265 g/mol. The minimum absolute atomic E-state index is 0.428. The fourth-order valence-corrected chi connectivity index (χ4v) is 1.98. The lowest BCUT2D eigenvalue weighted by molar-refractivity contribution is 0.203. The van der Waals surface area contributed by atoms with Crippen LogP contribution in [-0.4, -0.2) is 37.3 Å². The molecule has 0 aliphatic rings. The molecule has 1 aromatic heterocycles. The number of hydrogen-bond donors (Lipinski definition) is 1. The Kier molecular flexibility index (Phi) is 6.81. The number of ether oxygens (including phenoxy) is 1. The maximum atomic E-state index is 5.20. The summed E-state index contributed by atoms with van der Waals surface area (Å²) in [4.78, 5) is 6.61. The van der Waals surface area contributed by atoms with Crippen LogP contribution < -0.4 is 10.2 Å². The lowest BCUT2D eigenvalue weighted by atomic mass is 10.1. The van der Waals surface area contributed by atoms with Crippen LogP contribution in [0.2, 0.25) is 0 Å². The molecule has 0 fully saturated rings. The predicted molar refractivity (Wildman–Crippen MR) is 80.6 cm³/mol. The molecular weight excluding hydrogens is 238 g/mol. The normalized spacial score (nSPS) is 11.3. The van der Waals surface area contributed by atoms with E-state index in [1.165, 1.54) is 11.3 Å². The van der Waals surface area contributed by atoms with Gasteiger partial charge >= 0.3 is 0 Å². The summed E-state index contributed by atoms with van der Waals surface area (Å²) < 4.78 is 5.20. The highest BCUT2D eigenvalue weighted by atomic mass is 16.5. The van der Waals surface area contributed by atoms with Crippen molar-refractivity contribution >= 4 is 5.69 Å². The number of nitrogens with zero attached hydrogens (tertiary/aromatic N) is 2. The van der Waals surface area contributed by atoms with Gasteiger partial charge in [0.2, 0.25) is 0 Å². The fraction of sp³-hybridized carbons (Fsp3) is 0.667. The largest absolute Gasteiger partial charge is 0.383 e. The number of anilines is 1. The predicted octanol–water partition coefficient (Wildman–Crippen LogP) is 2.44. The molecule has 0 aliphatic carbocycles. The van der Waals surface area contributed by atoms with E-state index in [1.807, 2.05) is 12.4 Å². The van der Waals surface area contributed by atoms with E-state index in [4.69, 9.17) is 4.74 Å². The highest BCUT2D eigenvalue weighted by molar-refractivity contribution is 5.52. The van der Waals surface area contributed by atoms with Crippen molar-refractivity contribution in [2.45, 2.75) is 46.3 Å². The molecule has 0 amide bonds. The molecule has 0 saturated heterocycles. The van der Waals surface area contributed by atoms with Crippen molar-refractivity contribution in [2.24, 2.45) is 0 Å². The van der Waals surface area contributed by atoms with Crippen LogP contribution in [0.25, 0.3) is 0 Å². The Bertz CT molecular complexity index is 366. The average Bonchev–Trinajstić information content (AvgIpc) is 2.37. The molecule has 1 aromatic rings. The van der Waals surface area contributed by atoms with Crippen molar-refractivity contribution < 1.29 is 4.74 Å². The van der Waals surface area contributed by atoms with Crippen LogP contribution in [0.5, 0.6) is 0 Å². The quantitative estimate of drug-likeness (QED) is 0.783. The van der Waals surface area contributed by atoms with Gasteiger partial charge in [-0.1, -0.05) is 13.8 Å². The van der Waals surface area contributed by atoms with Crippen molar-refractivity contribution in [3.8, 4) is 0 Å². The monoisotopic (exact) mass is 265 g/mol. The van der Waals surface area contributed by atoms with E-state index >= 15 is 0 Å². The van der Waals surface area contributed by atoms with Crippen LogP contribution in [0.1, 0.15) is 33.3 Å². The molecule has 19 heavy (non-hydrogen) atoms. The van der Waals surface area contributed by atoms with Crippen molar-refractivity contribution in [2.75, 3.05) is 25.2 Å². The first kappa shape index (κ1) is 15.9. The zero-order valence-electron chi connectivity index (χ0n) is 12.8. The van der Waals surface area contributed by atoms with E-state index in [0.717, 1.165) is 19.7 Å². The molecule has 0 spiro atoms. The lowest BCUT2D eigenvalue weighted by Gasteiger charge is -2.30. The maximum absolute atomic E-state index is 5.20. The molecule has 0 atom stereocenters. The number of pyridine rings is 1.